The van der Waals surface area contributed by atoms with Gasteiger partial charge in [-0.3, -0.25) is 0 Å². The molecule has 0 bridgehead atoms. The number of methoxy groups -OCH3 is 1. The monoisotopic (exact) mass is 301 g/mol. The molecule has 0 saturated heterocycles. The Kier molecular flexibility index (Phi) is 4.06. The fourth-order valence-electron chi connectivity index (χ4n) is 1.50. The molecule has 21 heavy (non-hydrogen) atoms. The minimum Gasteiger partial charge on any atom is -0.465 e. The third-order valence-corrected chi connectivity index (χ3v) is 2.46. The van der Waals surface area contributed by atoms with Crippen LogP contribution >= 0.6 is 0 Å². The third kappa shape index (κ3) is 2.78. The molecule has 0 radical (unpaired) electrons. The number of pyridine rings is 1. The van der Waals surface area contributed by atoms with Gasteiger partial charge in [-0.15, -0.1) is 0 Å². The Bertz CT molecular complexity index is 680. The van der Waals surface area contributed by atoms with Crippen LogP contribution in [-0.4, -0.2) is 18.1 Å². The highest BCUT2D eigenvalue weighted by Gasteiger charge is 2.24. The van der Waals surface area contributed by atoms with Crippen LogP contribution in [0, 0.1) is 23.5 Å². The van der Waals surface area contributed by atoms with Crippen LogP contribution in [0.15, 0.2) is 24.3 Å². The van der Waals surface area contributed by atoms with Gasteiger partial charge in [0.05, 0.1) is 7.11 Å². The number of nitrogens with zero attached hydrogens (tertiary/aromatic N) is 1. The molecule has 8 heteroatoms. The second-order valence-corrected chi connectivity index (χ2v) is 3.74. The zero-order valence-electron chi connectivity index (χ0n) is 10.5. The van der Waals surface area contributed by atoms with E-state index in [0.717, 1.165) is 7.11 Å². The molecule has 0 amide bonds. The Balaban J connectivity index is 2.51. The fraction of sp³-hybridized carbons (Fsp3) is 0.0769. The van der Waals surface area contributed by atoms with Gasteiger partial charge in [-0.2, -0.15) is 22.5 Å². The lowest BCUT2D eigenvalue weighted by Gasteiger charge is -2.11. The normalized spacial score (nSPS) is 10.3. The lowest BCUT2D eigenvalue weighted by molar-refractivity contribution is 0.0597. The molecule has 0 aliphatic heterocycles. The number of hydrogen-bond donors (Lipinski definition) is 0. The highest BCUT2D eigenvalue weighted by atomic mass is 19.2. The van der Waals surface area contributed by atoms with Crippen molar-refractivity contribution in [3.63, 3.8) is 0 Å². The molecule has 1 aromatic heterocycles. The van der Waals surface area contributed by atoms with E-state index in [1.54, 1.807) is 0 Å². The van der Waals surface area contributed by atoms with Crippen LogP contribution in [0.5, 0.6) is 11.5 Å². The highest BCUT2D eigenvalue weighted by Crippen LogP contribution is 2.31. The van der Waals surface area contributed by atoms with Crippen molar-refractivity contribution in [1.29, 1.82) is 0 Å². The summed E-state index contributed by atoms with van der Waals surface area (Å²) < 4.78 is 62.1. The number of esters is 1. The van der Waals surface area contributed by atoms with Gasteiger partial charge in [-0.05, 0) is 12.1 Å². The van der Waals surface area contributed by atoms with Crippen molar-refractivity contribution in [2.24, 2.45) is 0 Å². The molecular weight excluding hydrogens is 294 g/mol. The number of carbonyl (C=O) groups is 1. The van der Waals surface area contributed by atoms with Crippen molar-refractivity contribution in [3.05, 3.63) is 53.4 Å². The maximum absolute atomic E-state index is 13.5. The number of para-hydroxylation sites is 1. The molecule has 0 saturated carbocycles. The van der Waals surface area contributed by atoms with Crippen LogP contribution in [0.4, 0.5) is 17.6 Å². The van der Waals surface area contributed by atoms with Crippen LogP contribution < -0.4 is 4.74 Å². The molecule has 2 rings (SSSR count). The molecule has 110 valence electrons. The number of carbonyl (C=O) groups excluding carboxylic acids is 1. The van der Waals surface area contributed by atoms with E-state index >= 15 is 0 Å². The van der Waals surface area contributed by atoms with Crippen molar-refractivity contribution in [2.45, 2.75) is 0 Å². The van der Waals surface area contributed by atoms with Crippen LogP contribution in [0.25, 0.3) is 0 Å². The molecule has 0 N–H and O–H groups in total. The molecule has 1 aromatic carbocycles. The van der Waals surface area contributed by atoms with Gasteiger partial charge in [0.15, 0.2) is 0 Å². The first kappa shape index (κ1) is 14.8. The Morgan fingerprint density at radius 3 is 2.19 bits per heavy atom. The van der Waals surface area contributed by atoms with E-state index in [1.165, 1.54) is 24.3 Å². The van der Waals surface area contributed by atoms with Gasteiger partial charge in [-0.25, -0.2) is 4.79 Å². The lowest BCUT2D eigenvalue weighted by atomic mass is 10.2. The molecule has 0 aliphatic rings. The van der Waals surface area contributed by atoms with Gasteiger partial charge in [-0.1, -0.05) is 12.1 Å². The van der Waals surface area contributed by atoms with Crippen molar-refractivity contribution in [1.82, 2.24) is 4.98 Å². The third-order valence-electron chi connectivity index (χ3n) is 2.46. The Hall–Kier alpha value is -2.64. The van der Waals surface area contributed by atoms with Crippen LogP contribution in [-0.2, 0) is 4.74 Å². The maximum Gasteiger partial charge on any atom is 0.341 e. The molecule has 0 aliphatic carbocycles. The average molecular weight is 301 g/mol. The van der Waals surface area contributed by atoms with Crippen molar-refractivity contribution in [2.75, 3.05) is 7.11 Å². The zero-order chi connectivity index (χ0) is 15.6. The van der Waals surface area contributed by atoms with E-state index in [4.69, 9.17) is 4.74 Å². The summed E-state index contributed by atoms with van der Waals surface area (Å²) in [5, 5.41) is 0. The number of aromatic nitrogens is 1. The van der Waals surface area contributed by atoms with Crippen LogP contribution in [0.2, 0.25) is 0 Å². The molecule has 0 unspecified atom stereocenters. The Morgan fingerprint density at radius 1 is 1.05 bits per heavy atom. The summed E-state index contributed by atoms with van der Waals surface area (Å²) in [6, 6.07) is 5.28. The second kappa shape index (κ2) is 5.78. The first-order valence-electron chi connectivity index (χ1n) is 5.51. The molecule has 0 spiro atoms. The maximum atomic E-state index is 13.5. The molecular formula is C13H7F4NO3. The largest absolute Gasteiger partial charge is 0.465 e. The van der Waals surface area contributed by atoms with Crippen LogP contribution in [0.1, 0.15) is 10.4 Å². The lowest BCUT2D eigenvalue weighted by Crippen LogP contribution is -2.07. The fourth-order valence-corrected chi connectivity index (χ4v) is 1.50. The van der Waals surface area contributed by atoms with E-state index in [-0.39, 0.29) is 11.3 Å². The van der Waals surface area contributed by atoms with Crippen molar-refractivity contribution < 1.29 is 31.8 Å². The van der Waals surface area contributed by atoms with Gasteiger partial charge in [0, 0.05) is 0 Å². The summed E-state index contributed by atoms with van der Waals surface area (Å²) >= 11 is 0. The smallest absolute Gasteiger partial charge is 0.341 e. The molecule has 4 nitrogen and oxygen atoms in total. The van der Waals surface area contributed by atoms with Gasteiger partial charge in [0.2, 0.25) is 17.4 Å². The number of halogens is 4. The minimum atomic E-state index is -1.86. The molecule has 0 fully saturated rings. The summed E-state index contributed by atoms with van der Waals surface area (Å²) in [7, 11) is 1.09. The van der Waals surface area contributed by atoms with Gasteiger partial charge in [0.25, 0.3) is 11.9 Å². The SMILES string of the molecule is COC(=O)c1ccccc1Oc1c(F)c(F)nc(F)c1F. The number of rotatable bonds is 3. The molecule has 1 heterocycles. The van der Waals surface area contributed by atoms with Crippen molar-refractivity contribution in [3.8, 4) is 11.5 Å². The van der Waals surface area contributed by atoms with Gasteiger partial charge in [0.1, 0.15) is 11.3 Å². The summed E-state index contributed by atoms with van der Waals surface area (Å²) in [5.41, 5.74) is -0.170. The Labute approximate surface area is 115 Å². The number of hydrogen-bond acceptors (Lipinski definition) is 4. The van der Waals surface area contributed by atoms with Gasteiger partial charge < -0.3 is 9.47 Å². The number of benzene rings is 1. The topological polar surface area (TPSA) is 48.4 Å². The summed E-state index contributed by atoms with van der Waals surface area (Å²) in [4.78, 5) is 13.9. The van der Waals surface area contributed by atoms with E-state index < -0.39 is 35.2 Å². The standard InChI is InChI=1S/C13H7F4NO3/c1-20-13(19)6-4-2-3-5-7(6)21-10-8(14)11(16)18-12(17)9(10)15/h2-5H,1H3. The summed E-state index contributed by atoms with van der Waals surface area (Å²) in [5.74, 6) is -9.86. The van der Waals surface area contributed by atoms with E-state index in [0.29, 0.717) is 0 Å². The quantitative estimate of drug-likeness (QED) is 0.496. The zero-order valence-corrected chi connectivity index (χ0v) is 10.5. The summed E-state index contributed by atoms with van der Waals surface area (Å²) in [6.07, 6.45) is 0. The average Bonchev–Trinajstić information content (AvgIpc) is 2.49. The number of ether oxygens (including phenoxy) is 2. The van der Waals surface area contributed by atoms with E-state index in [2.05, 4.69) is 9.72 Å². The van der Waals surface area contributed by atoms with Gasteiger partial charge >= 0.3 is 5.97 Å². The predicted molar refractivity (Wildman–Crippen MR) is 61.9 cm³/mol. The minimum absolute atomic E-state index is 0.170. The van der Waals surface area contributed by atoms with E-state index in [9.17, 15) is 22.4 Å². The molecule has 2 aromatic rings. The van der Waals surface area contributed by atoms with E-state index in [1.807, 2.05) is 0 Å². The summed E-state index contributed by atoms with van der Waals surface area (Å²) in [6.45, 7) is 0. The highest BCUT2D eigenvalue weighted by molar-refractivity contribution is 5.92. The molecule has 0 atom stereocenters. The first-order valence-corrected chi connectivity index (χ1v) is 5.51. The Morgan fingerprint density at radius 2 is 1.62 bits per heavy atom. The van der Waals surface area contributed by atoms with Crippen molar-refractivity contribution >= 4 is 5.97 Å². The first-order chi connectivity index (χ1) is 9.95. The predicted octanol–water partition coefficient (Wildman–Crippen LogP) is 3.22. The second-order valence-electron chi connectivity index (χ2n) is 3.74. The van der Waals surface area contributed by atoms with Crippen LogP contribution in [0.3, 0.4) is 0 Å².